The minimum Gasteiger partial charge on any atom is -0.508 e. The van der Waals surface area contributed by atoms with E-state index in [1.165, 1.54) is 0 Å². The summed E-state index contributed by atoms with van der Waals surface area (Å²) in [5.41, 5.74) is 2.02. The molecule has 1 aliphatic heterocycles. The van der Waals surface area contributed by atoms with Gasteiger partial charge in [-0.25, -0.2) is 0 Å². The normalized spacial score (nSPS) is 16.8. The van der Waals surface area contributed by atoms with Gasteiger partial charge in [-0.15, -0.1) is 0 Å². The predicted molar refractivity (Wildman–Crippen MR) is 101 cm³/mol. The quantitative estimate of drug-likeness (QED) is 0.745. The second-order valence-electron chi connectivity index (χ2n) is 6.33. The Bertz CT molecular complexity index is 890. The van der Waals surface area contributed by atoms with Crippen molar-refractivity contribution in [2.75, 3.05) is 26.3 Å². The van der Waals surface area contributed by atoms with E-state index in [1.807, 2.05) is 36.4 Å². The lowest BCUT2D eigenvalue weighted by atomic mass is 9.91. The van der Waals surface area contributed by atoms with Crippen LogP contribution < -0.4 is 0 Å². The van der Waals surface area contributed by atoms with Gasteiger partial charge in [0.2, 0.25) is 0 Å². The van der Waals surface area contributed by atoms with Gasteiger partial charge in [-0.2, -0.15) is 0 Å². The van der Waals surface area contributed by atoms with Gasteiger partial charge in [0.1, 0.15) is 5.75 Å². The van der Waals surface area contributed by atoms with E-state index in [9.17, 15) is 5.11 Å². The van der Waals surface area contributed by atoms with Crippen molar-refractivity contribution >= 4 is 22.4 Å². The summed E-state index contributed by atoms with van der Waals surface area (Å²) in [4.78, 5) is 2.36. The summed E-state index contributed by atoms with van der Waals surface area (Å²) in [6.45, 7) is 3.03. The highest BCUT2D eigenvalue weighted by Gasteiger charge is 2.28. The lowest BCUT2D eigenvalue weighted by Crippen LogP contribution is -2.39. The van der Waals surface area contributed by atoms with Crippen LogP contribution in [0.4, 0.5) is 0 Å². The molecule has 4 rings (SSSR count). The molecule has 3 aromatic rings. The number of hydrogen-bond acceptors (Lipinski definition) is 3. The van der Waals surface area contributed by atoms with E-state index in [-0.39, 0.29) is 6.04 Å². The molecule has 0 spiro atoms. The third-order valence-corrected chi connectivity index (χ3v) is 5.03. The molecule has 0 saturated carbocycles. The van der Waals surface area contributed by atoms with Gasteiger partial charge in [-0.3, -0.25) is 4.90 Å². The highest BCUT2D eigenvalue weighted by atomic mass is 35.5. The van der Waals surface area contributed by atoms with Gasteiger partial charge in [0, 0.05) is 23.7 Å². The summed E-state index contributed by atoms with van der Waals surface area (Å²) in [5.74, 6) is 0.315. The van der Waals surface area contributed by atoms with Gasteiger partial charge >= 0.3 is 0 Å². The first-order chi connectivity index (χ1) is 12.2. The third-order valence-electron chi connectivity index (χ3n) is 4.80. The fourth-order valence-electron chi connectivity index (χ4n) is 3.64. The van der Waals surface area contributed by atoms with E-state index >= 15 is 0 Å². The molecule has 1 N–H and O–H groups in total. The maximum atomic E-state index is 10.7. The maximum Gasteiger partial charge on any atom is 0.121 e. The number of benzene rings is 3. The molecule has 0 amide bonds. The van der Waals surface area contributed by atoms with Gasteiger partial charge in [0.25, 0.3) is 0 Å². The van der Waals surface area contributed by atoms with Crippen molar-refractivity contribution in [2.45, 2.75) is 6.04 Å². The molecule has 0 aromatic heterocycles. The molecule has 3 aromatic carbocycles. The van der Waals surface area contributed by atoms with Gasteiger partial charge in [0.05, 0.1) is 19.3 Å². The number of phenolic OH excluding ortho intramolecular Hbond substituents is 1. The van der Waals surface area contributed by atoms with Crippen molar-refractivity contribution in [3.8, 4) is 5.75 Å². The number of aromatic hydroxyl groups is 1. The van der Waals surface area contributed by atoms with E-state index in [4.69, 9.17) is 16.3 Å². The first kappa shape index (κ1) is 16.4. The smallest absolute Gasteiger partial charge is 0.121 e. The van der Waals surface area contributed by atoms with Crippen molar-refractivity contribution in [3.63, 3.8) is 0 Å². The van der Waals surface area contributed by atoms with E-state index in [0.717, 1.165) is 35.0 Å². The SMILES string of the molecule is Oc1ccc2ccccc2c1[C@H](c1cccc(Cl)c1)N1CCOCC1. The minimum absolute atomic E-state index is 0.0614. The number of ether oxygens (including phenoxy) is 1. The van der Waals surface area contributed by atoms with Crippen molar-refractivity contribution in [3.05, 3.63) is 76.8 Å². The molecular weight excluding hydrogens is 334 g/mol. The van der Waals surface area contributed by atoms with Crippen LogP contribution in [0.5, 0.6) is 5.75 Å². The van der Waals surface area contributed by atoms with Crippen LogP contribution in [-0.4, -0.2) is 36.3 Å². The summed E-state index contributed by atoms with van der Waals surface area (Å²) in [7, 11) is 0. The Morgan fingerprint density at radius 3 is 2.56 bits per heavy atom. The van der Waals surface area contributed by atoms with Crippen molar-refractivity contribution in [1.29, 1.82) is 0 Å². The van der Waals surface area contributed by atoms with Crippen molar-refractivity contribution in [1.82, 2.24) is 4.90 Å². The second kappa shape index (κ2) is 7.04. The molecule has 0 aliphatic carbocycles. The van der Waals surface area contributed by atoms with Gasteiger partial charge in [-0.05, 0) is 34.5 Å². The molecule has 3 nitrogen and oxygen atoms in total. The Balaban J connectivity index is 1.93. The van der Waals surface area contributed by atoms with Crippen LogP contribution in [0.3, 0.4) is 0 Å². The van der Waals surface area contributed by atoms with Crippen LogP contribution in [0, 0.1) is 0 Å². The number of morpholine rings is 1. The van der Waals surface area contributed by atoms with E-state index < -0.39 is 0 Å². The summed E-state index contributed by atoms with van der Waals surface area (Å²) in [6, 6.07) is 19.8. The second-order valence-corrected chi connectivity index (χ2v) is 6.76. The average molecular weight is 354 g/mol. The van der Waals surface area contributed by atoms with Crippen molar-refractivity contribution in [2.24, 2.45) is 0 Å². The third kappa shape index (κ3) is 3.23. The molecule has 1 aliphatic rings. The molecular formula is C21H20ClNO2. The lowest BCUT2D eigenvalue weighted by molar-refractivity contribution is 0.0238. The zero-order valence-corrected chi connectivity index (χ0v) is 14.6. The van der Waals surface area contributed by atoms with E-state index in [0.29, 0.717) is 24.0 Å². The first-order valence-corrected chi connectivity index (χ1v) is 8.90. The summed E-state index contributed by atoms with van der Waals surface area (Å²) in [5, 5.41) is 13.6. The summed E-state index contributed by atoms with van der Waals surface area (Å²) in [6.07, 6.45) is 0. The molecule has 128 valence electrons. The van der Waals surface area contributed by atoms with Gasteiger partial charge < -0.3 is 9.84 Å². The number of hydrogen-bond donors (Lipinski definition) is 1. The minimum atomic E-state index is -0.0614. The largest absolute Gasteiger partial charge is 0.508 e. The zero-order chi connectivity index (χ0) is 17.2. The first-order valence-electron chi connectivity index (χ1n) is 8.52. The Morgan fingerprint density at radius 2 is 1.76 bits per heavy atom. The Labute approximate surface area is 152 Å². The van der Waals surface area contributed by atoms with Crippen molar-refractivity contribution < 1.29 is 9.84 Å². The fraction of sp³-hybridized carbons (Fsp3) is 0.238. The van der Waals surface area contributed by atoms with E-state index in [2.05, 4.69) is 23.1 Å². The van der Waals surface area contributed by atoms with Gasteiger partial charge in [-0.1, -0.05) is 54.1 Å². The molecule has 0 bridgehead atoms. The molecule has 0 radical (unpaired) electrons. The molecule has 1 fully saturated rings. The highest BCUT2D eigenvalue weighted by molar-refractivity contribution is 6.30. The van der Waals surface area contributed by atoms with Crippen LogP contribution in [0.1, 0.15) is 17.2 Å². The fourth-order valence-corrected chi connectivity index (χ4v) is 3.84. The Morgan fingerprint density at radius 1 is 0.960 bits per heavy atom. The summed E-state index contributed by atoms with van der Waals surface area (Å²) < 4.78 is 5.53. The molecule has 1 atom stereocenters. The molecule has 25 heavy (non-hydrogen) atoms. The molecule has 1 heterocycles. The topological polar surface area (TPSA) is 32.7 Å². The van der Waals surface area contributed by atoms with E-state index in [1.54, 1.807) is 6.07 Å². The summed E-state index contributed by atoms with van der Waals surface area (Å²) >= 11 is 6.27. The van der Waals surface area contributed by atoms with Gasteiger partial charge in [0.15, 0.2) is 0 Å². The zero-order valence-electron chi connectivity index (χ0n) is 13.9. The van der Waals surface area contributed by atoms with Crippen LogP contribution >= 0.6 is 11.6 Å². The number of fused-ring (bicyclic) bond motifs is 1. The monoisotopic (exact) mass is 353 g/mol. The molecule has 4 heteroatoms. The molecule has 1 saturated heterocycles. The predicted octanol–water partition coefficient (Wildman–Crippen LogP) is 4.62. The average Bonchev–Trinajstić information content (AvgIpc) is 2.65. The maximum absolute atomic E-state index is 10.7. The lowest BCUT2D eigenvalue weighted by Gasteiger charge is -2.36. The number of halogens is 1. The number of phenols is 1. The standard InChI is InChI=1S/C21H20ClNO2/c22-17-6-3-5-16(14-17)21(23-10-12-25-13-11-23)20-18-7-2-1-4-15(18)8-9-19(20)24/h1-9,14,21,24H,10-13H2/t21-/m0/s1. The Hall–Kier alpha value is -2.07. The van der Waals surface area contributed by atoms with Crippen LogP contribution in [0.15, 0.2) is 60.7 Å². The number of nitrogens with zero attached hydrogens (tertiary/aromatic N) is 1. The van der Waals surface area contributed by atoms with Crippen LogP contribution in [-0.2, 0) is 4.74 Å². The number of rotatable bonds is 3. The van der Waals surface area contributed by atoms with Crippen LogP contribution in [0.2, 0.25) is 5.02 Å². The molecule has 0 unspecified atom stereocenters. The van der Waals surface area contributed by atoms with Crippen LogP contribution in [0.25, 0.3) is 10.8 Å². The Kier molecular flexibility index (Phi) is 4.62. The highest BCUT2D eigenvalue weighted by Crippen LogP contribution is 2.40.